The molecule has 1 aliphatic heterocycles. The Morgan fingerprint density at radius 2 is 2.29 bits per heavy atom. The van der Waals surface area contributed by atoms with E-state index < -0.39 is 5.97 Å². The molecule has 1 aliphatic rings. The van der Waals surface area contributed by atoms with E-state index in [1.54, 1.807) is 11.0 Å². The first kappa shape index (κ1) is 9.89. The molecule has 2 N–H and O–H groups in total. The number of benzene rings is 1. The number of amides is 1. The molecule has 2 aromatic rings. The second kappa shape index (κ2) is 3.35. The summed E-state index contributed by atoms with van der Waals surface area (Å²) in [5.74, 6) is -0.972. The van der Waals surface area contributed by atoms with Gasteiger partial charge in [0.25, 0.3) is 0 Å². The van der Waals surface area contributed by atoms with Crippen LogP contribution in [0.5, 0.6) is 0 Å². The third-order valence-corrected chi connectivity index (χ3v) is 3.16. The predicted molar refractivity (Wildman–Crippen MR) is 62.4 cm³/mol. The number of carbonyl (C=O) groups is 2. The fourth-order valence-corrected chi connectivity index (χ4v) is 2.36. The Balaban J connectivity index is 2.25. The quantitative estimate of drug-likeness (QED) is 0.765. The lowest BCUT2D eigenvalue weighted by atomic mass is 10.1. The number of hydrogen-bond acceptors (Lipinski definition) is 2. The number of anilines is 1. The second-order valence-corrected chi connectivity index (χ2v) is 4.06. The topological polar surface area (TPSA) is 73.4 Å². The van der Waals surface area contributed by atoms with E-state index in [9.17, 15) is 9.59 Å². The number of aromatic carboxylic acids is 1. The van der Waals surface area contributed by atoms with Crippen molar-refractivity contribution >= 4 is 29.0 Å². The minimum Gasteiger partial charge on any atom is -0.477 e. The van der Waals surface area contributed by atoms with Crippen LogP contribution in [0.15, 0.2) is 18.2 Å². The number of carboxylic acid groups (broad SMARTS) is 1. The average molecular weight is 230 g/mol. The zero-order valence-electron chi connectivity index (χ0n) is 8.93. The molecule has 5 nitrogen and oxygen atoms in total. The molecule has 1 aromatic carbocycles. The summed E-state index contributed by atoms with van der Waals surface area (Å²) in [4.78, 5) is 26.2. The van der Waals surface area contributed by atoms with Gasteiger partial charge in [-0.1, -0.05) is 0 Å². The molecule has 0 spiro atoms. The van der Waals surface area contributed by atoms with E-state index in [1.807, 2.05) is 12.1 Å². The van der Waals surface area contributed by atoms with Gasteiger partial charge in [-0.25, -0.2) is 4.79 Å². The van der Waals surface area contributed by atoms with Crippen LogP contribution in [-0.4, -0.2) is 29.0 Å². The summed E-state index contributed by atoms with van der Waals surface area (Å²) in [5.41, 5.74) is 2.90. The Labute approximate surface area is 96.7 Å². The van der Waals surface area contributed by atoms with Gasteiger partial charge in [0.1, 0.15) is 5.69 Å². The fraction of sp³-hybridized carbons (Fsp3) is 0.167. The van der Waals surface area contributed by atoms with Crippen LogP contribution in [0.4, 0.5) is 5.69 Å². The summed E-state index contributed by atoms with van der Waals surface area (Å²) in [6.07, 6.45) is 1.57. The molecule has 0 bridgehead atoms. The van der Waals surface area contributed by atoms with E-state index in [2.05, 4.69) is 4.98 Å². The number of rotatable bonds is 2. The third kappa shape index (κ3) is 1.32. The SMILES string of the molecule is O=CN1CCc2c1ccc1[nH]c(C(=O)O)cc21. The molecule has 0 radical (unpaired) electrons. The molecule has 0 saturated carbocycles. The zero-order chi connectivity index (χ0) is 12.0. The average Bonchev–Trinajstić information content (AvgIpc) is 2.91. The Bertz CT molecular complexity index is 630. The van der Waals surface area contributed by atoms with Gasteiger partial charge in [0.15, 0.2) is 0 Å². The molecule has 0 atom stereocenters. The molecule has 86 valence electrons. The number of H-pyrrole nitrogens is 1. The summed E-state index contributed by atoms with van der Waals surface area (Å²) in [5, 5.41) is 9.83. The number of aromatic amines is 1. The minimum absolute atomic E-state index is 0.179. The van der Waals surface area contributed by atoms with Gasteiger partial charge in [0.05, 0.1) is 0 Å². The van der Waals surface area contributed by atoms with Crippen molar-refractivity contribution in [3.63, 3.8) is 0 Å². The maximum Gasteiger partial charge on any atom is 0.352 e. The van der Waals surface area contributed by atoms with Crippen LogP contribution >= 0.6 is 0 Å². The van der Waals surface area contributed by atoms with Crippen molar-refractivity contribution in [2.45, 2.75) is 6.42 Å². The van der Waals surface area contributed by atoms with Crippen molar-refractivity contribution in [1.29, 1.82) is 0 Å². The molecule has 1 amide bonds. The number of hydrogen-bond donors (Lipinski definition) is 2. The highest BCUT2D eigenvalue weighted by atomic mass is 16.4. The smallest absolute Gasteiger partial charge is 0.352 e. The van der Waals surface area contributed by atoms with Crippen LogP contribution in [0.1, 0.15) is 16.1 Å². The highest BCUT2D eigenvalue weighted by Crippen LogP contribution is 2.33. The first-order valence-electron chi connectivity index (χ1n) is 5.30. The number of fused-ring (bicyclic) bond motifs is 3. The van der Waals surface area contributed by atoms with E-state index in [4.69, 9.17) is 5.11 Å². The lowest BCUT2D eigenvalue weighted by Gasteiger charge is -2.09. The summed E-state index contributed by atoms with van der Waals surface area (Å²) >= 11 is 0. The second-order valence-electron chi connectivity index (χ2n) is 4.06. The van der Waals surface area contributed by atoms with E-state index in [-0.39, 0.29) is 5.69 Å². The van der Waals surface area contributed by atoms with E-state index in [0.29, 0.717) is 6.54 Å². The lowest BCUT2D eigenvalue weighted by molar-refractivity contribution is -0.107. The molecule has 0 fully saturated rings. The van der Waals surface area contributed by atoms with Gasteiger partial charge in [-0.05, 0) is 30.2 Å². The molecule has 0 saturated heterocycles. The van der Waals surface area contributed by atoms with Crippen LogP contribution in [0.2, 0.25) is 0 Å². The minimum atomic E-state index is -0.972. The molecule has 17 heavy (non-hydrogen) atoms. The molecule has 0 unspecified atom stereocenters. The standard InChI is InChI=1S/C12H10N2O3/c15-6-14-4-3-7-8-5-10(12(16)17)13-9(8)1-2-11(7)14/h1-2,5-6,13H,3-4H2,(H,16,17). The fourth-order valence-electron chi connectivity index (χ4n) is 2.36. The van der Waals surface area contributed by atoms with Crippen molar-refractivity contribution in [3.05, 3.63) is 29.5 Å². The molecular formula is C12H10N2O3. The predicted octanol–water partition coefficient (Wildman–Crippen LogP) is 1.38. The van der Waals surface area contributed by atoms with Crippen molar-refractivity contribution < 1.29 is 14.7 Å². The van der Waals surface area contributed by atoms with Gasteiger partial charge in [-0.3, -0.25) is 4.79 Å². The zero-order valence-corrected chi connectivity index (χ0v) is 8.93. The maximum absolute atomic E-state index is 10.9. The largest absolute Gasteiger partial charge is 0.477 e. The van der Waals surface area contributed by atoms with Gasteiger partial charge >= 0.3 is 5.97 Å². The number of carbonyl (C=O) groups excluding carboxylic acids is 1. The van der Waals surface area contributed by atoms with Gasteiger partial charge in [-0.2, -0.15) is 0 Å². The summed E-state index contributed by atoms with van der Waals surface area (Å²) in [6.45, 7) is 0.658. The van der Waals surface area contributed by atoms with E-state index in [1.165, 1.54) is 0 Å². The van der Waals surface area contributed by atoms with Gasteiger partial charge in [-0.15, -0.1) is 0 Å². The molecular weight excluding hydrogens is 220 g/mol. The Kier molecular flexibility index (Phi) is 1.95. The van der Waals surface area contributed by atoms with Gasteiger partial charge < -0.3 is 15.0 Å². The molecule has 1 aromatic heterocycles. The third-order valence-electron chi connectivity index (χ3n) is 3.16. The van der Waals surface area contributed by atoms with Crippen molar-refractivity contribution in [1.82, 2.24) is 4.98 Å². The lowest BCUT2D eigenvalue weighted by Crippen LogP contribution is -2.17. The van der Waals surface area contributed by atoms with Crippen LogP contribution in [-0.2, 0) is 11.2 Å². The number of nitrogens with one attached hydrogen (secondary N) is 1. The van der Waals surface area contributed by atoms with Gasteiger partial charge in [0, 0.05) is 23.1 Å². The van der Waals surface area contributed by atoms with Crippen LogP contribution in [0.3, 0.4) is 0 Å². The van der Waals surface area contributed by atoms with Crippen LogP contribution < -0.4 is 4.90 Å². The summed E-state index contributed by atoms with van der Waals surface area (Å²) in [7, 11) is 0. The van der Waals surface area contributed by atoms with Gasteiger partial charge in [0.2, 0.25) is 6.41 Å². The maximum atomic E-state index is 10.9. The first-order chi connectivity index (χ1) is 8.20. The van der Waals surface area contributed by atoms with Crippen molar-refractivity contribution in [2.24, 2.45) is 0 Å². The van der Waals surface area contributed by atoms with E-state index in [0.717, 1.165) is 35.0 Å². The number of carboxylic acids is 1. The van der Waals surface area contributed by atoms with E-state index >= 15 is 0 Å². The first-order valence-corrected chi connectivity index (χ1v) is 5.30. The molecule has 0 aliphatic carbocycles. The van der Waals surface area contributed by atoms with Crippen molar-refractivity contribution in [2.75, 3.05) is 11.4 Å². The molecule has 5 heteroatoms. The molecule has 3 rings (SSSR count). The van der Waals surface area contributed by atoms with Crippen molar-refractivity contribution in [3.8, 4) is 0 Å². The summed E-state index contributed by atoms with van der Waals surface area (Å²) in [6, 6.07) is 5.29. The Morgan fingerprint density at radius 1 is 1.47 bits per heavy atom. The number of aromatic nitrogens is 1. The number of nitrogens with zero attached hydrogens (tertiary/aromatic N) is 1. The summed E-state index contributed by atoms with van der Waals surface area (Å²) < 4.78 is 0. The highest BCUT2D eigenvalue weighted by Gasteiger charge is 2.22. The monoisotopic (exact) mass is 230 g/mol. The molecule has 2 heterocycles. The normalized spacial score (nSPS) is 14.0. The Hall–Kier alpha value is -2.30. The Morgan fingerprint density at radius 3 is 3.00 bits per heavy atom. The van der Waals surface area contributed by atoms with Crippen LogP contribution in [0.25, 0.3) is 10.9 Å². The highest BCUT2D eigenvalue weighted by molar-refractivity contribution is 5.99. The van der Waals surface area contributed by atoms with Crippen LogP contribution in [0, 0.1) is 0 Å².